The molecule has 0 aliphatic heterocycles. The summed E-state index contributed by atoms with van der Waals surface area (Å²) in [6, 6.07) is 12.5. The Morgan fingerprint density at radius 2 is 1.74 bits per heavy atom. The third-order valence-corrected chi connectivity index (χ3v) is 3.62. The molecule has 0 saturated heterocycles. The predicted molar refractivity (Wildman–Crippen MR) is 78.4 cm³/mol. The molecule has 94 valence electrons. The van der Waals surface area contributed by atoms with Crippen LogP contribution in [0.5, 0.6) is 0 Å². The van der Waals surface area contributed by atoms with Crippen LogP contribution in [-0.4, -0.2) is 11.1 Å². The topological polar surface area (TPSA) is 37.3 Å². The van der Waals surface area contributed by atoms with Crippen molar-refractivity contribution in [2.24, 2.45) is 0 Å². The lowest BCUT2D eigenvalue weighted by Crippen LogP contribution is -1.98. The Balaban J connectivity index is 2.64. The summed E-state index contributed by atoms with van der Waals surface area (Å²) >= 11 is 12.2. The maximum Gasteiger partial charge on any atom is 0.336 e. The standard InChI is InChI=1S/C15H8Cl2O2/c16-9-6-11-12(15(18)19)5-8-3-1-2-4-10(8)14(11)13(17)7-9/h1-7H,(H,18,19). The number of carboxylic acids is 1. The number of carboxylic acid groups (broad SMARTS) is 1. The Morgan fingerprint density at radius 1 is 1.00 bits per heavy atom. The van der Waals surface area contributed by atoms with E-state index in [1.807, 2.05) is 24.3 Å². The van der Waals surface area contributed by atoms with Crippen molar-refractivity contribution in [2.75, 3.05) is 0 Å². The molecule has 0 radical (unpaired) electrons. The summed E-state index contributed by atoms with van der Waals surface area (Å²) in [6.07, 6.45) is 0. The molecule has 0 saturated carbocycles. The number of hydrogen-bond donors (Lipinski definition) is 1. The molecule has 3 aromatic rings. The molecule has 0 amide bonds. The zero-order valence-electron chi connectivity index (χ0n) is 9.65. The summed E-state index contributed by atoms with van der Waals surface area (Å²) < 4.78 is 0. The Bertz CT molecular complexity index is 825. The number of halogens is 2. The Hall–Kier alpha value is -1.77. The molecule has 4 heteroatoms. The van der Waals surface area contributed by atoms with Gasteiger partial charge in [-0.25, -0.2) is 4.79 Å². The second-order valence-corrected chi connectivity index (χ2v) is 5.10. The first-order chi connectivity index (χ1) is 9.08. The van der Waals surface area contributed by atoms with Crippen LogP contribution in [0.2, 0.25) is 10.0 Å². The van der Waals surface area contributed by atoms with E-state index in [0.29, 0.717) is 15.4 Å². The first-order valence-electron chi connectivity index (χ1n) is 5.62. The van der Waals surface area contributed by atoms with Crippen LogP contribution in [0.15, 0.2) is 42.5 Å². The van der Waals surface area contributed by atoms with Gasteiger partial charge in [-0.3, -0.25) is 0 Å². The van der Waals surface area contributed by atoms with Crippen molar-refractivity contribution in [3.63, 3.8) is 0 Å². The minimum Gasteiger partial charge on any atom is -0.478 e. The molecule has 0 aliphatic carbocycles. The minimum absolute atomic E-state index is 0.207. The maximum atomic E-state index is 11.4. The molecule has 19 heavy (non-hydrogen) atoms. The van der Waals surface area contributed by atoms with Gasteiger partial charge in [-0.15, -0.1) is 0 Å². The maximum absolute atomic E-state index is 11.4. The average molecular weight is 291 g/mol. The normalized spacial score (nSPS) is 11.1. The molecular formula is C15H8Cl2O2. The average Bonchev–Trinajstić information content (AvgIpc) is 2.36. The molecule has 0 aromatic heterocycles. The molecule has 3 rings (SSSR count). The van der Waals surface area contributed by atoms with Gasteiger partial charge in [-0.2, -0.15) is 0 Å². The fourth-order valence-electron chi connectivity index (χ4n) is 2.32. The molecule has 1 N–H and O–H groups in total. The lowest BCUT2D eigenvalue weighted by atomic mass is 9.97. The van der Waals surface area contributed by atoms with Crippen LogP contribution in [0, 0.1) is 0 Å². The second kappa shape index (κ2) is 4.41. The third kappa shape index (κ3) is 1.93. The van der Waals surface area contributed by atoms with Gasteiger partial charge in [0, 0.05) is 10.4 Å². The highest BCUT2D eigenvalue weighted by Crippen LogP contribution is 2.36. The van der Waals surface area contributed by atoms with E-state index in [-0.39, 0.29) is 5.56 Å². The van der Waals surface area contributed by atoms with Crippen molar-refractivity contribution >= 4 is 50.7 Å². The van der Waals surface area contributed by atoms with Crippen molar-refractivity contribution in [1.29, 1.82) is 0 Å². The molecule has 0 fully saturated rings. The number of hydrogen-bond acceptors (Lipinski definition) is 1. The first-order valence-corrected chi connectivity index (χ1v) is 6.37. The lowest BCUT2D eigenvalue weighted by Gasteiger charge is -2.10. The van der Waals surface area contributed by atoms with Gasteiger partial charge in [-0.05, 0) is 34.4 Å². The lowest BCUT2D eigenvalue weighted by molar-refractivity contribution is 0.0699. The molecule has 0 bridgehead atoms. The van der Waals surface area contributed by atoms with Gasteiger partial charge < -0.3 is 5.11 Å². The number of carbonyl (C=O) groups is 1. The van der Waals surface area contributed by atoms with Gasteiger partial charge >= 0.3 is 5.97 Å². The fourth-order valence-corrected chi connectivity index (χ4v) is 2.92. The van der Waals surface area contributed by atoms with Crippen molar-refractivity contribution in [3.8, 4) is 0 Å². The van der Waals surface area contributed by atoms with E-state index in [1.54, 1.807) is 18.2 Å². The number of rotatable bonds is 1. The molecule has 3 aromatic carbocycles. The van der Waals surface area contributed by atoms with Gasteiger partial charge in [-0.1, -0.05) is 47.5 Å². The third-order valence-electron chi connectivity index (χ3n) is 3.11. The monoisotopic (exact) mass is 290 g/mol. The van der Waals surface area contributed by atoms with Crippen LogP contribution < -0.4 is 0 Å². The molecule has 0 atom stereocenters. The highest BCUT2D eigenvalue weighted by atomic mass is 35.5. The van der Waals surface area contributed by atoms with Crippen molar-refractivity contribution in [2.45, 2.75) is 0 Å². The van der Waals surface area contributed by atoms with Gasteiger partial charge in [0.25, 0.3) is 0 Å². The molecule has 0 heterocycles. The van der Waals surface area contributed by atoms with Crippen molar-refractivity contribution in [3.05, 3.63) is 58.1 Å². The highest BCUT2D eigenvalue weighted by Gasteiger charge is 2.14. The van der Waals surface area contributed by atoms with E-state index in [1.165, 1.54) is 0 Å². The highest BCUT2D eigenvalue weighted by molar-refractivity contribution is 6.41. The van der Waals surface area contributed by atoms with Crippen molar-refractivity contribution < 1.29 is 9.90 Å². The first kappa shape index (κ1) is 12.3. The zero-order valence-corrected chi connectivity index (χ0v) is 11.2. The summed E-state index contributed by atoms with van der Waals surface area (Å²) in [5.74, 6) is -0.992. The second-order valence-electron chi connectivity index (χ2n) is 4.26. The SMILES string of the molecule is O=C(O)c1cc2ccccc2c2c(Cl)cc(Cl)cc12. The van der Waals surface area contributed by atoms with Crippen LogP contribution in [0.3, 0.4) is 0 Å². The van der Waals surface area contributed by atoms with Crippen LogP contribution in [0.1, 0.15) is 10.4 Å². The zero-order chi connectivity index (χ0) is 13.6. The van der Waals surface area contributed by atoms with Gasteiger partial charge in [0.15, 0.2) is 0 Å². The summed E-state index contributed by atoms with van der Waals surface area (Å²) in [4.78, 5) is 11.4. The smallest absolute Gasteiger partial charge is 0.336 e. The number of aromatic carboxylic acids is 1. The van der Waals surface area contributed by atoms with Crippen molar-refractivity contribution in [1.82, 2.24) is 0 Å². The van der Waals surface area contributed by atoms with E-state index in [2.05, 4.69) is 0 Å². The Kier molecular flexibility index (Phi) is 2.85. The van der Waals surface area contributed by atoms with E-state index < -0.39 is 5.97 Å². The fraction of sp³-hybridized carbons (Fsp3) is 0. The molecule has 2 nitrogen and oxygen atoms in total. The van der Waals surface area contributed by atoms with Gasteiger partial charge in [0.05, 0.1) is 10.6 Å². The summed E-state index contributed by atoms with van der Waals surface area (Å²) in [5.41, 5.74) is 0.207. The molecular weight excluding hydrogens is 283 g/mol. The van der Waals surface area contributed by atoms with Crippen LogP contribution >= 0.6 is 23.2 Å². The van der Waals surface area contributed by atoms with E-state index in [9.17, 15) is 9.90 Å². The summed E-state index contributed by atoms with van der Waals surface area (Å²) in [6.45, 7) is 0. The summed E-state index contributed by atoms with van der Waals surface area (Å²) in [7, 11) is 0. The van der Waals surface area contributed by atoms with Crippen LogP contribution in [0.4, 0.5) is 0 Å². The number of fused-ring (bicyclic) bond motifs is 3. The van der Waals surface area contributed by atoms with Crippen LogP contribution in [-0.2, 0) is 0 Å². The van der Waals surface area contributed by atoms with E-state index >= 15 is 0 Å². The quantitative estimate of drug-likeness (QED) is 0.641. The van der Waals surface area contributed by atoms with E-state index in [0.717, 1.165) is 16.2 Å². The number of benzene rings is 3. The van der Waals surface area contributed by atoms with Crippen LogP contribution in [0.25, 0.3) is 21.5 Å². The molecule has 0 spiro atoms. The van der Waals surface area contributed by atoms with E-state index in [4.69, 9.17) is 23.2 Å². The largest absolute Gasteiger partial charge is 0.478 e. The van der Waals surface area contributed by atoms with Gasteiger partial charge in [0.1, 0.15) is 0 Å². The predicted octanol–water partition coefficient (Wildman–Crippen LogP) is 5.00. The molecule has 0 unspecified atom stereocenters. The minimum atomic E-state index is -0.992. The molecule has 0 aliphatic rings. The summed E-state index contributed by atoms with van der Waals surface area (Å²) in [5, 5.41) is 13.3. The Morgan fingerprint density at radius 3 is 2.47 bits per heavy atom. The van der Waals surface area contributed by atoms with Gasteiger partial charge in [0.2, 0.25) is 0 Å². The Labute approximate surface area is 119 Å².